The molecule has 0 aliphatic rings. The van der Waals surface area contributed by atoms with Gasteiger partial charge in [-0.25, -0.2) is 13.8 Å². The van der Waals surface area contributed by atoms with Gasteiger partial charge in [0, 0.05) is 30.0 Å². The normalized spacial score (nSPS) is 11.3. The Bertz CT molecular complexity index is 737. The van der Waals surface area contributed by atoms with Crippen LogP contribution >= 0.6 is 11.3 Å². The van der Waals surface area contributed by atoms with Gasteiger partial charge >= 0.3 is 0 Å². The maximum absolute atomic E-state index is 13.4. The van der Waals surface area contributed by atoms with Crippen LogP contribution in [-0.4, -0.2) is 21.3 Å². The van der Waals surface area contributed by atoms with E-state index in [0.29, 0.717) is 29.8 Å². The molecule has 0 radical (unpaired) electrons. The van der Waals surface area contributed by atoms with Crippen molar-refractivity contribution in [3.8, 4) is 0 Å². The number of nitrogens with zero attached hydrogens (tertiary/aromatic N) is 2. The molecule has 0 saturated heterocycles. The van der Waals surface area contributed by atoms with Crippen molar-refractivity contribution in [2.45, 2.75) is 13.0 Å². The van der Waals surface area contributed by atoms with E-state index in [1.165, 1.54) is 0 Å². The first-order chi connectivity index (χ1) is 9.69. The van der Waals surface area contributed by atoms with E-state index in [2.05, 4.69) is 4.98 Å². The number of halogens is 2. The average molecular weight is 294 g/mol. The van der Waals surface area contributed by atoms with Gasteiger partial charge < -0.3 is 9.67 Å². The summed E-state index contributed by atoms with van der Waals surface area (Å²) in [7, 11) is 0. The molecule has 1 aromatic carbocycles. The average Bonchev–Trinajstić information content (AvgIpc) is 3.02. The number of hydrogen-bond acceptors (Lipinski definition) is 3. The van der Waals surface area contributed by atoms with E-state index in [0.717, 1.165) is 17.0 Å². The zero-order valence-corrected chi connectivity index (χ0v) is 11.3. The van der Waals surface area contributed by atoms with Crippen molar-refractivity contribution in [3.05, 3.63) is 52.0 Å². The molecule has 1 N–H and O–H groups in total. The minimum absolute atomic E-state index is 0.0815. The van der Waals surface area contributed by atoms with Crippen LogP contribution in [0, 0.1) is 11.6 Å². The van der Waals surface area contributed by atoms with Crippen LogP contribution in [0.15, 0.2) is 29.6 Å². The van der Waals surface area contributed by atoms with Crippen LogP contribution in [0.3, 0.4) is 0 Å². The maximum Gasteiger partial charge on any atom is 0.161 e. The molecule has 0 unspecified atom stereocenters. The van der Waals surface area contributed by atoms with Crippen LogP contribution in [-0.2, 0) is 13.0 Å². The van der Waals surface area contributed by atoms with E-state index in [9.17, 15) is 8.78 Å². The quantitative estimate of drug-likeness (QED) is 0.803. The van der Waals surface area contributed by atoms with Crippen molar-refractivity contribution >= 4 is 22.4 Å². The highest BCUT2D eigenvalue weighted by molar-refractivity contribution is 7.09. The molecule has 0 atom stereocenters. The van der Waals surface area contributed by atoms with E-state index in [-0.39, 0.29) is 6.61 Å². The SMILES string of the molecule is OCCn1c(Cc2cccs2)nc2cc(F)c(F)cc21. The van der Waals surface area contributed by atoms with Gasteiger partial charge in [0.25, 0.3) is 0 Å². The summed E-state index contributed by atoms with van der Waals surface area (Å²) in [5.41, 5.74) is 0.911. The fourth-order valence-corrected chi connectivity index (χ4v) is 2.92. The van der Waals surface area contributed by atoms with Crippen LogP contribution in [0.4, 0.5) is 8.78 Å². The number of rotatable bonds is 4. The van der Waals surface area contributed by atoms with Crippen molar-refractivity contribution in [3.63, 3.8) is 0 Å². The van der Waals surface area contributed by atoms with Crippen LogP contribution in [0.25, 0.3) is 11.0 Å². The highest BCUT2D eigenvalue weighted by atomic mass is 32.1. The summed E-state index contributed by atoms with van der Waals surface area (Å²) in [6.45, 7) is 0.226. The molecule has 0 aliphatic heterocycles. The molecule has 0 saturated carbocycles. The Labute approximate surface area is 118 Å². The van der Waals surface area contributed by atoms with Crippen molar-refractivity contribution in [1.82, 2.24) is 9.55 Å². The van der Waals surface area contributed by atoms with Gasteiger partial charge in [-0.1, -0.05) is 6.07 Å². The monoisotopic (exact) mass is 294 g/mol. The first-order valence-electron chi connectivity index (χ1n) is 6.16. The highest BCUT2D eigenvalue weighted by Gasteiger charge is 2.14. The van der Waals surface area contributed by atoms with Crippen molar-refractivity contribution in [2.75, 3.05) is 6.61 Å². The van der Waals surface area contributed by atoms with Gasteiger partial charge in [0.1, 0.15) is 5.82 Å². The number of aliphatic hydroxyl groups is 1. The lowest BCUT2D eigenvalue weighted by molar-refractivity contribution is 0.276. The summed E-state index contributed by atoms with van der Waals surface area (Å²) in [4.78, 5) is 5.47. The van der Waals surface area contributed by atoms with E-state index in [1.54, 1.807) is 15.9 Å². The second-order valence-corrected chi connectivity index (χ2v) is 5.45. The smallest absolute Gasteiger partial charge is 0.161 e. The first-order valence-corrected chi connectivity index (χ1v) is 7.04. The van der Waals surface area contributed by atoms with Crippen molar-refractivity contribution in [1.29, 1.82) is 0 Å². The standard InChI is InChI=1S/C14H12F2N2OS/c15-10-7-12-13(8-11(10)16)18(3-4-19)14(17-12)6-9-2-1-5-20-9/h1-2,5,7-8,19H,3-4,6H2. The number of fused-ring (bicyclic) bond motifs is 1. The minimum atomic E-state index is -0.908. The van der Waals surface area contributed by atoms with Gasteiger partial charge in [-0.15, -0.1) is 11.3 Å². The minimum Gasteiger partial charge on any atom is -0.395 e. The van der Waals surface area contributed by atoms with E-state index in [4.69, 9.17) is 5.11 Å². The summed E-state index contributed by atoms with van der Waals surface area (Å²) in [5.74, 6) is -1.12. The largest absolute Gasteiger partial charge is 0.395 e. The van der Waals surface area contributed by atoms with Gasteiger partial charge in [0.05, 0.1) is 17.6 Å². The molecule has 0 amide bonds. The Hall–Kier alpha value is -1.79. The Kier molecular flexibility index (Phi) is 3.50. The molecule has 0 aliphatic carbocycles. The fourth-order valence-electron chi connectivity index (χ4n) is 2.22. The summed E-state index contributed by atoms with van der Waals surface area (Å²) < 4.78 is 28.4. The van der Waals surface area contributed by atoms with Crippen LogP contribution in [0.5, 0.6) is 0 Å². The van der Waals surface area contributed by atoms with Gasteiger partial charge in [0.15, 0.2) is 11.6 Å². The number of aromatic nitrogens is 2. The van der Waals surface area contributed by atoms with Gasteiger partial charge in [-0.05, 0) is 11.4 Å². The first kappa shape index (κ1) is 13.2. The lowest BCUT2D eigenvalue weighted by Crippen LogP contribution is -2.07. The lowest BCUT2D eigenvalue weighted by Gasteiger charge is -2.06. The number of thiophene rings is 1. The summed E-state index contributed by atoms with van der Waals surface area (Å²) in [6, 6.07) is 6.15. The van der Waals surface area contributed by atoms with E-state index >= 15 is 0 Å². The maximum atomic E-state index is 13.4. The van der Waals surface area contributed by atoms with Crippen LogP contribution < -0.4 is 0 Å². The van der Waals surface area contributed by atoms with Crippen molar-refractivity contribution < 1.29 is 13.9 Å². The zero-order valence-electron chi connectivity index (χ0n) is 10.5. The Morgan fingerprint density at radius 3 is 2.75 bits per heavy atom. The molecule has 104 valence electrons. The van der Waals surface area contributed by atoms with Gasteiger partial charge in [0.2, 0.25) is 0 Å². The molecule has 6 heteroatoms. The predicted molar refractivity (Wildman–Crippen MR) is 73.9 cm³/mol. The van der Waals surface area contributed by atoms with E-state index < -0.39 is 11.6 Å². The molecular formula is C14H12F2N2OS. The fraction of sp³-hybridized carbons (Fsp3) is 0.214. The second kappa shape index (κ2) is 5.30. The summed E-state index contributed by atoms with van der Waals surface area (Å²) in [6.07, 6.45) is 0.579. The number of hydrogen-bond donors (Lipinski definition) is 1. The highest BCUT2D eigenvalue weighted by Crippen LogP contribution is 2.22. The summed E-state index contributed by atoms with van der Waals surface area (Å²) >= 11 is 1.60. The molecule has 0 spiro atoms. The van der Waals surface area contributed by atoms with Gasteiger partial charge in [-0.3, -0.25) is 0 Å². The summed E-state index contributed by atoms with van der Waals surface area (Å²) in [5, 5.41) is 11.1. The number of benzene rings is 1. The van der Waals surface area contributed by atoms with Gasteiger partial charge in [-0.2, -0.15) is 0 Å². The molecule has 0 bridgehead atoms. The lowest BCUT2D eigenvalue weighted by atomic mass is 10.3. The Morgan fingerprint density at radius 1 is 1.25 bits per heavy atom. The third-order valence-electron chi connectivity index (χ3n) is 3.11. The third kappa shape index (κ3) is 2.32. The Balaban J connectivity index is 2.12. The number of aliphatic hydroxyl groups excluding tert-OH is 1. The molecule has 20 heavy (non-hydrogen) atoms. The van der Waals surface area contributed by atoms with Crippen LogP contribution in [0.1, 0.15) is 10.7 Å². The molecule has 3 aromatic rings. The molecule has 3 nitrogen and oxygen atoms in total. The van der Waals surface area contributed by atoms with Crippen molar-refractivity contribution in [2.24, 2.45) is 0 Å². The molecule has 2 aromatic heterocycles. The molecular weight excluding hydrogens is 282 g/mol. The number of imidazole rings is 1. The molecule has 0 fully saturated rings. The zero-order chi connectivity index (χ0) is 14.1. The van der Waals surface area contributed by atoms with E-state index in [1.807, 2.05) is 17.5 Å². The topological polar surface area (TPSA) is 38.0 Å². The second-order valence-electron chi connectivity index (χ2n) is 4.41. The predicted octanol–water partition coefficient (Wildman–Crippen LogP) is 2.96. The van der Waals surface area contributed by atoms with Crippen LogP contribution in [0.2, 0.25) is 0 Å². The molecule has 3 rings (SSSR count). The third-order valence-corrected chi connectivity index (χ3v) is 3.98. The Morgan fingerprint density at radius 2 is 2.05 bits per heavy atom. The molecule has 2 heterocycles.